The Morgan fingerprint density at radius 1 is 1.17 bits per heavy atom. The first-order valence-electron chi connectivity index (χ1n) is 5.86. The molecule has 1 fully saturated rings. The molecule has 2 rings (SSSR count). The Bertz CT molecular complexity index is 439. The van der Waals surface area contributed by atoms with Crippen LogP contribution < -0.4 is 0 Å². The molecule has 18 heavy (non-hydrogen) atoms. The molecule has 0 spiro atoms. The largest absolute Gasteiger partial charge is 0.392 e. The van der Waals surface area contributed by atoms with Crippen molar-refractivity contribution in [2.45, 2.75) is 43.8 Å². The standard InChI is InChI=1S/C13H15BrF2O2/c14-10-2-1-9(8-17)11(7-10)12(18)3-5-13(15,16)6-4-12/h1-2,7,17-18H,3-6,8H2. The van der Waals surface area contributed by atoms with E-state index in [4.69, 9.17) is 0 Å². The van der Waals surface area contributed by atoms with Crippen molar-refractivity contribution in [1.82, 2.24) is 0 Å². The lowest BCUT2D eigenvalue weighted by Gasteiger charge is -2.37. The first-order chi connectivity index (χ1) is 8.36. The second kappa shape index (κ2) is 4.87. The molecule has 0 unspecified atom stereocenters. The molecule has 0 atom stereocenters. The Morgan fingerprint density at radius 2 is 1.78 bits per heavy atom. The second-order valence-corrected chi connectivity index (χ2v) is 5.76. The second-order valence-electron chi connectivity index (χ2n) is 4.85. The molecule has 100 valence electrons. The lowest BCUT2D eigenvalue weighted by molar-refractivity contribution is -0.107. The van der Waals surface area contributed by atoms with E-state index in [1.54, 1.807) is 18.2 Å². The predicted molar refractivity (Wildman–Crippen MR) is 67.4 cm³/mol. The van der Waals surface area contributed by atoms with Crippen molar-refractivity contribution >= 4 is 15.9 Å². The van der Waals surface area contributed by atoms with Crippen molar-refractivity contribution in [2.75, 3.05) is 0 Å². The molecular formula is C13H15BrF2O2. The molecule has 2 nitrogen and oxygen atoms in total. The quantitative estimate of drug-likeness (QED) is 0.877. The molecule has 0 heterocycles. The lowest BCUT2D eigenvalue weighted by Crippen LogP contribution is -2.37. The summed E-state index contributed by atoms with van der Waals surface area (Å²) in [6.07, 6.45) is -0.603. The number of aliphatic hydroxyl groups is 2. The van der Waals surface area contributed by atoms with Gasteiger partial charge >= 0.3 is 0 Å². The first-order valence-corrected chi connectivity index (χ1v) is 6.66. The minimum absolute atomic E-state index is 0.0173. The number of alkyl halides is 2. The third-order valence-electron chi connectivity index (χ3n) is 3.55. The minimum atomic E-state index is -2.68. The topological polar surface area (TPSA) is 40.5 Å². The summed E-state index contributed by atoms with van der Waals surface area (Å²) in [6.45, 7) is -0.207. The van der Waals surface area contributed by atoms with Crippen molar-refractivity contribution < 1.29 is 19.0 Å². The molecule has 1 aromatic carbocycles. The smallest absolute Gasteiger partial charge is 0.248 e. The average molecular weight is 321 g/mol. The van der Waals surface area contributed by atoms with Gasteiger partial charge in [-0.1, -0.05) is 22.0 Å². The Morgan fingerprint density at radius 3 is 2.33 bits per heavy atom. The van der Waals surface area contributed by atoms with Gasteiger partial charge in [-0.15, -0.1) is 0 Å². The number of rotatable bonds is 2. The summed E-state index contributed by atoms with van der Waals surface area (Å²) in [7, 11) is 0. The van der Waals surface area contributed by atoms with Gasteiger partial charge in [0.05, 0.1) is 12.2 Å². The van der Waals surface area contributed by atoms with Crippen LogP contribution >= 0.6 is 15.9 Å². The highest BCUT2D eigenvalue weighted by atomic mass is 79.9. The third-order valence-corrected chi connectivity index (χ3v) is 4.05. The lowest BCUT2D eigenvalue weighted by atomic mass is 9.76. The number of hydrogen-bond acceptors (Lipinski definition) is 2. The van der Waals surface area contributed by atoms with E-state index >= 15 is 0 Å². The fraction of sp³-hybridized carbons (Fsp3) is 0.538. The van der Waals surface area contributed by atoms with E-state index in [1.165, 1.54) is 0 Å². The highest BCUT2D eigenvalue weighted by Gasteiger charge is 2.43. The van der Waals surface area contributed by atoms with Gasteiger partial charge in [-0.2, -0.15) is 0 Å². The zero-order valence-corrected chi connectivity index (χ0v) is 11.4. The number of halogens is 3. The molecule has 1 aromatic rings. The van der Waals surface area contributed by atoms with Crippen molar-refractivity contribution in [3.8, 4) is 0 Å². The SMILES string of the molecule is OCc1ccc(Br)cc1C1(O)CCC(F)(F)CC1. The zero-order valence-electron chi connectivity index (χ0n) is 9.80. The van der Waals surface area contributed by atoms with Gasteiger partial charge in [-0.3, -0.25) is 0 Å². The maximum atomic E-state index is 13.2. The van der Waals surface area contributed by atoms with E-state index < -0.39 is 11.5 Å². The van der Waals surface area contributed by atoms with Gasteiger partial charge in [0.2, 0.25) is 5.92 Å². The van der Waals surface area contributed by atoms with Gasteiger partial charge in [-0.05, 0) is 36.1 Å². The van der Waals surface area contributed by atoms with Gasteiger partial charge in [0.1, 0.15) is 0 Å². The normalized spacial score (nSPS) is 21.8. The Balaban J connectivity index is 2.33. The Labute approximate surface area is 113 Å². The minimum Gasteiger partial charge on any atom is -0.392 e. The Kier molecular flexibility index (Phi) is 3.76. The van der Waals surface area contributed by atoms with Crippen molar-refractivity contribution in [3.05, 3.63) is 33.8 Å². The van der Waals surface area contributed by atoms with Crippen molar-refractivity contribution in [2.24, 2.45) is 0 Å². The molecular weight excluding hydrogens is 306 g/mol. The third kappa shape index (κ3) is 2.73. The average Bonchev–Trinajstić information content (AvgIpc) is 2.33. The fourth-order valence-corrected chi connectivity index (χ4v) is 2.78. The molecule has 0 saturated heterocycles. The maximum absolute atomic E-state index is 13.2. The van der Waals surface area contributed by atoms with E-state index in [-0.39, 0.29) is 32.3 Å². The Hall–Kier alpha value is -0.520. The molecule has 0 radical (unpaired) electrons. The van der Waals surface area contributed by atoms with E-state index in [9.17, 15) is 19.0 Å². The summed E-state index contributed by atoms with van der Waals surface area (Å²) in [5, 5.41) is 19.8. The van der Waals surface area contributed by atoms with Crippen LogP contribution in [-0.2, 0) is 12.2 Å². The number of hydrogen-bond donors (Lipinski definition) is 2. The van der Waals surface area contributed by atoms with Gasteiger partial charge in [0, 0.05) is 17.3 Å². The molecule has 1 saturated carbocycles. The van der Waals surface area contributed by atoms with Crippen LogP contribution in [0.1, 0.15) is 36.8 Å². The number of benzene rings is 1. The monoisotopic (exact) mass is 320 g/mol. The van der Waals surface area contributed by atoms with Crippen LogP contribution in [0, 0.1) is 0 Å². The highest BCUT2D eigenvalue weighted by molar-refractivity contribution is 9.10. The summed E-state index contributed by atoms with van der Waals surface area (Å²) in [4.78, 5) is 0. The van der Waals surface area contributed by atoms with Crippen LogP contribution in [0.2, 0.25) is 0 Å². The van der Waals surface area contributed by atoms with Gasteiger partial charge < -0.3 is 10.2 Å². The van der Waals surface area contributed by atoms with Crippen LogP contribution in [-0.4, -0.2) is 16.1 Å². The molecule has 5 heteroatoms. The molecule has 0 aromatic heterocycles. The predicted octanol–water partition coefficient (Wildman–Crippen LogP) is 3.34. The molecule has 0 bridgehead atoms. The highest BCUT2D eigenvalue weighted by Crippen LogP contribution is 2.45. The zero-order chi connectivity index (χ0) is 13.4. The maximum Gasteiger partial charge on any atom is 0.248 e. The summed E-state index contributed by atoms with van der Waals surface area (Å²) in [5.74, 6) is -2.68. The summed E-state index contributed by atoms with van der Waals surface area (Å²) in [6, 6.07) is 5.16. The van der Waals surface area contributed by atoms with Crippen LogP contribution in [0.15, 0.2) is 22.7 Å². The van der Waals surface area contributed by atoms with E-state index in [0.29, 0.717) is 11.1 Å². The van der Waals surface area contributed by atoms with Crippen LogP contribution in [0.25, 0.3) is 0 Å². The van der Waals surface area contributed by atoms with Crippen molar-refractivity contribution in [1.29, 1.82) is 0 Å². The summed E-state index contributed by atoms with van der Waals surface area (Å²) >= 11 is 3.30. The van der Waals surface area contributed by atoms with E-state index in [0.717, 1.165) is 4.47 Å². The van der Waals surface area contributed by atoms with Gasteiger partial charge in [0.25, 0.3) is 0 Å². The molecule has 1 aliphatic carbocycles. The van der Waals surface area contributed by atoms with Crippen LogP contribution in [0.4, 0.5) is 8.78 Å². The number of aliphatic hydroxyl groups excluding tert-OH is 1. The fourth-order valence-electron chi connectivity index (χ4n) is 2.42. The first kappa shape index (κ1) is 13.9. The van der Waals surface area contributed by atoms with Crippen LogP contribution in [0.3, 0.4) is 0 Å². The van der Waals surface area contributed by atoms with E-state index in [1.807, 2.05) is 0 Å². The van der Waals surface area contributed by atoms with E-state index in [2.05, 4.69) is 15.9 Å². The molecule has 0 amide bonds. The van der Waals surface area contributed by atoms with Crippen LogP contribution in [0.5, 0.6) is 0 Å². The van der Waals surface area contributed by atoms with Gasteiger partial charge in [-0.25, -0.2) is 8.78 Å². The molecule has 0 aliphatic heterocycles. The molecule has 2 N–H and O–H groups in total. The summed E-state index contributed by atoms with van der Waals surface area (Å²) in [5.41, 5.74) is -0.121. The van der Waals surface area contributed by atoms with Gasteiger partial charge in [0.15, 0.2) is 0 Å². The molecule has 1 aliphatic rings. The van der Waals surface area contributed by atoms with Crippen molar-refractivity contribution in [3.63, 3.8) is 0 Å². The summed E-state index contributed by atoms with van der Waals surface area (Å²) < 4.78 is 27.1.